The summed E-state index contributed by atoms with van der Waals surface area (Å²) in [4.78, 5) is 2.29. The normalized spacial score (nSPS) is 16.3. The summed E-state index contributed by atoms with van der Waals surface area (Å²) in [7, 11) is -3.55. The van der Waals surface area contributed by atoms with Crippen LogP contribution in [0.25, 0.3) is 0 Å². The lowest BCUT2D eigenvalue weighted by Gasteiger charge is -2.19. The van der Waals surface area contributed by atoms with Crippen LogP contribution >= 0.6 is 0 Å². The summed E-state index contributed by atoms with van der Waals surface area (Å²) in [5.41, 5.74) is 5.49. The number of aromatic amines is 1. The third kappa shape index (κ3) is 3.01. The first kappa shape index (κ1) is 13.3. The number of nitrogens with zero attached hydrogens (tertiary/aromatic N) is 2. The van der Waals surface area contributed by atoms with E-state index in [0.717, 1.165) is 13.1 Å². The van der Waals surface area contributed by atoms with Crippen molar-refractivity contribution in [1.82, 2.24) is 19.8 Å². The third-order valence-corrected chi connectivity index (χ3v) is 4.57. The summed E-state index contributed by atoms with van der Waals surface area (Å²) in [6.07, 6.45) is 3.65. The van der Waals surface area contributed by atoms with Crippen molar-refractivity contribution >= 4 is 15.8 Å². The van der Waals surface area contributed by atoms with E-state index in [1.807, 2.05) is 0 Å². The third-order valence-electron chi connectivity index (χ3n) is 3.08. The number of hydrogen-bond donors (Lipinski definition) is 3. The molecule has 0 bridgehead atoms. The van der Waals surface area contributed by atoms with Crippen LogP contribution in [0.5, 0.6) is 0 Å². The molecule has 4 N–H and O–H groups in total. The molecule has 18 heavy (non-hydrogen) atoms. The van der Waals surface area contributed by atoms with Crippen LogP contribution in [0.2, 0.25) is 0 Å². The fourth-order valence-electron chi connectivity index (χ4n) is 1.94. The van der Waals surface area contributed by atoms with E-state index in [9.17, 15) is 8.42 Å². The minimum atomic E-state index is -3.55. The molecular formula is C10H19N5O2S. The highest BCUT2D eigenvalue weighted by molar-refractivity contribution is 7.89. The van der Waals surface area contributed by atoms with Gasteiger partial charge in [0.05, 0.1) is 6.20 Å². The number of nitrogens with one attached hydrogen (secondary N) is 2. The van der Waals surface area contributed by atoms with Crippen LogP contribution in [0.15, 0.2) is 11.1 Å². The minimum Gasteiger partial charge on any atom is -0.383 e. The van der Waals surface area contributed by atoms with E-state index in [2.05, 4.69) is 26.7 Å². The number of nitrogens with two attached hydrogens (primary N) is 1. The van der Waals surface area contributed by atoms with Gasteiger partial charge in [0, 0.05) is 19.1 Å². The second-order valence-electron chi connectivity index (χ2n) is 4.41. The molecule has 0 aromatic carbocycles. The van der Waals surface area contributed by atoms with Gasteiger partial charge in [-0.1, -0.05) is 6.92 Å². The van der Waals surface area contributed by atoms with E-state index in [0.29, 0.717) is 12.6 Å². The molecule has 7 nitrogen and oxygen atoms in total. The summed E-state index contributed by atoms with van der Waals surface area (Å²) >= 11 is 0. The predicted molar refractivity (Wildman–Crippen MR) is 68.5 cm³/mol. The molecule has 0 radical (unpaired) electrons. The molecule has 0 spiro atoms. The van der Waals surface area contributed by atoms with E-state index >= 15 is 0 Å². The number of anilines is 1. The zero-order valence-electron chi connectivity index (χ0n) is 10.4. The second-order valence-corrected chi connectivity index (χ2v) is 6.14. The van der Waals surface area contributed by atoms with Crippen LogP contribution in [0.4, 0.5) is 5.82 Å². The molecule has 0 amide bonds. The standard InChI is InChI=1S/C10H19N5O2S/c1-2-15(8-3-4-8)6-5-13-18(16,17)9-7-12-14-10(9)11/h7-8,13H,2-6H2,1H3,(H3,11,12,14). The molecular weight excluding hydrogens is 254 g/mol. The number of likely N-dealkylation sites (N-methyl/N-ethyl adjacent to an activating group) is 1. The van der Waals surface area contributed by atoms with Gasteiger partial charge in [-0.05, 0) is 19.4 Å². The van der Waals surface area contributed by atoms with Crippen molar-refractivity contribution in [2.75, 3.05) is 25.4 Å². The van der Waals surface area contributed by atoms with Gasteiger partial charge in [-0.3, -0.25) is 10.00 Å². The van der Waals surface area contributed by atoms with Crippen molar-refractivity contribution in [2.45, 2.75) is 30.7 Å². The molecule has 8 heteroatoms. The fraction of sp³-hybridized carbons (Fsp3) is 0.700. The van der Waals surface area contributed by atoms with Crippen molar-refractivity contribution in [3.05, 3.63) is 6.20 Å². The molecule has 0 unspecified atom stereocenters. The number of hydrogen-bond acceptors (Lipinski definition) is 5. The monoisotopic (exact) mass is 273 g/mol. The Kier molecular flexibility index (Phi) is 3.88. The SMILES string of the molecule is CCN(CCNS(=O)(=O)c1cn[nH]c1N)C1CC1. The Morgan fingerprint density at radius 3 is 2.83 bits per heavy atom. The van der Waals surface area contributed by atoms with Gasteiger partial charge in [-0.25, -0.2) is 13.1 Å². The minimum absolute atomic E-state index is 0.0111. The second kappa shape index (κ2) is 5.25. The molecule has 1 aromatic rings. The maximum Gasteiger partial charge on any atom is 0.245 e. The highest BCUT2D eigenvalue weighted by Crippen LogP contribution is 2.25. The molecule has 0 saturated heterocycles. The van der Waals surface area contributed by atoms with E-state index in [1.165, 1.54) is 19.0 Å². The summed E-state index contributed by atoms with van der Waals surface area (Å²) in [5, 5.41) is 6.02. The lowest BCUT2D eigenvalue weighted by molar-refractivity contribution is 0.282. The fourth-order valence-corrected chi connectivity index (χ4v) is 2.98. The van der Waals surface area contributed by atoms with Crippen LogP contribution in [0.3, 0.4) is 0 Å². The van der Waals surface area contributed by atoms with Crippen molar-refractivity contribution < 1.29 is 8.42 Å². The number of aromatic nitrogens is 2. The van der Waals surface area contributed by atoms with Crippen LogP contribution < -0.4 is 10.5 Å². The Hall–Kier alpha value is -1.12. The molecule has 1 aliphatic rings. The smallest absolute Gasteiger partial charge is 0.245 e. The van der Waals surface area contributed by atoms with Crippen LogP contribution in [-0.4, -0.2) is 49.2 Å². The summed E-state index contributed by atoms with van der Waals surface area (Å²) in [6.45, 7) is 4.14. The molecule has 0 aliphatic heterocycles. The van der Waals surface area contributed by atoms with Gasteiger partial charge in [0.2, 0.25) is 10.0 Å². The number of rotatable bonds is 7. The summed E-state index contributed by atoms with van der Waals surface area (Å²) < 4.78 is 26.3. The molecule has 1 saturated carbocycles. The largest absolute Gasteiger partial charge is 0.383 e. The number of H-pyrrole nitrogens is 1. The lowest BCUT2D eigenvalue weighted by atomic mass is 10.4. The topological polar surface area (TPSA) is 104 Å². The molecule has 1 aromatic heterocycles. The van der Waals surface area contributed by atoms with Gasteiger partial charge in [-0.15, -0.1) is 0 Å². The first-order valence-electron chi connectivity index (χ1n) is 6.07. The van der Waals surface area contributed by atoms with E-state index in [1.54, 1.807) is 0 Å². The van der Waals surface area contributed by atoms with Gasteiger partial charge in [-0.2, -0.15) is 5.10 Å². The Labute approximate surface area is 107 Å². The van der Waals surface area contributed by atoms with E-state index in [-0.39, 0.29) is 10.7 Å². The molecule has 1 aliphatic carbocycles. The van der Waals surface area contributed by atoms with Crippen molar-refractivity contribution in [3.63, 3.8) is 0 Å². The van der Waals surface area contributed by atoms with E-state index in [4.69, 9.17) is 5.73 Å². The Balaban J connectivity index is 1.87. The van der Waals surface area contributed by atoms with Crippen molar-refractivity contribution in [1.29, 1.82) is 0 Å². The quantitative estimate of drug-likeness (QED) is 0.636. The Bertz CT molecular complexity index is 494. The Morgan fingerprint density at radius 1 is 1.61 bits per heavy atom. The lowest BCUT2D eigenvalue weighted by Crippen LogP contribution is -2.36. The first-order valence-corrected chi connectivity index (χ1v) is 7.55. The van der Waals surface area contributed by atoms with Gasteiger partial charge >= 0.3 is 0 Å². The van der Waals surface area contributed by atoms with Gasteiger partial charge in [0.25, 0.3) is 0 Å². The van der Waals surface area contributed by atoms with Crippen LogP contribution in [-0.2, 0) is 10.0 Å². The average Bonchev–Trinajstić information content (AvgIpc) is 3.06. The van der Waals surface area contributed by atoms with Gasteiger partial charge in [0.1, 0.15) is 10.7 Å². The zero-order valence-corrected chi connectivity index (χ0v) is 11.2. The highest BCUT2D eigenvalue weighted by Gasteiger charge is 2.27. The van der Waals surface area contributed by atoms with Crippen molar-refractivity contribution in [2.24, 2.45) is 0 Å². The van der Waals surface area contributed by atoms with Gasteiger partial charge < -0.3 is 5.73 Å². The number of sulfonamides is 1. The summed E-state index contributed by atoms with van der Waals surface area (Å²) in [5.74, 6) is 0.0667. The maximum absolute atomic E-state index is 11.9. The maximum atomic E-state index is 11.9. The van der Waals surface area contributed by atoms with Gasteiger partial charge in [0.15, 0.2) is 0 Å². The molecule has 1 heterocycles. The van der Waals surface area contributed by atoms with Crippen LogP contribution in [0, 0.1) is 0 Å². The van der Waals surface area contributed by atoms with Crippen LogP contribution in [0.1, 0.15) is 19.8 Å². The molecule has 102 valence electrons. The highest BCUT2D eigenvalue weighted by atomic mass is 32.2. The summed E-state index contributed by atoms with van der Waals surface area (Å²) in [6, 6.07) is 0.637. The van der Waals surface area contributed by atoms with Crippen molar-refractivity contribution in [3.8, 4) is 0 Å². The Morgan fingerprint density at radius 2 is 2.33 bits per heavy atom. The molecule has 2 rings (SSSR count). The zero-order chi connectivity index (χ0) is 13.2. The first-order chi connectivity index (χ1) is 8.54. The molecule has 0 atom stereocenters. The predicted octanol–water partition coefficient (Wildman–Crippen LogP) is -0.245. The number of nitrogen functional groups attached to an aromatic ring is 1. The molecule has 1 fully saturated rings. The van der Waals surface area contributed by atoms with E-state index < -0.39 is 10.0 Å². The average molecular weight is 273 g/mol.